The number of hydrogen-bond donors (Lipinski definition) is 2. The van der Waals surface area contributed by atoms with Crippen LogP contribution in [0.25, 0.3) is 0 Å². The highest BCUT2D eigenvalue weighted by molar-refractivity contribution is 6.06. The molecule has 2 aromatic rings. The van der Waals surface area contributed by atoms with Gasteiger partial charge in [0.05, 0.1) is 11.4 Å². The fraction of sp³-hybridized carbons (Fsp3) is 0.385. The van der Waals surface area contributed by atoms with Crippen LogP contribution < -0.4 is 11.1 Å². The predicted octanol–water partition coefficient (Wildman–Crippen LogP) is 1.22. The molecule has 106 valence electrons. The summed E-state index contributed by atoms with van der Waals surface area (Å²) < 4.78 is 1.48. The molecular formula is C13H18N6O. The van der Waals surface area contributed by atoms with E-state index >= 15 is 0 Å². The molecule has 0 unspecified atom stereocenters. The van der Waals surface area contributed by atoms with Gasteiger partial charge in [-0.05, 0) is 26.3 Å². The molecule has 2 rings (SSSR count). The summed E-state index contributed by atoms with van der Waals surface area (Å²) >= 11 is 0. The zero-order chi connectivity index (χ0) is 14.9. The first-order chi connectivity index (χ1) is 9.42. The van der Waals surface area contributed by atoms with Gasteiger partial charge in [-0.2, -0.15) is 5.10 Å². The van der Waals surface area contributed by atoms with Crippen LogP contribution in [0.3, 0.4) is 0 Å². The van der Waals surface area contributed by atoms with Crippen molar-refractivity contribution < 1.29 is 4.79 Å². The van der Waals surface area contributed by atoms with Crippen LogP contribution in [0.5, 0.6) is 0 Å². The molecule has 0 saturated carbocycles. The average molecular weight is 274 g/mol. The minimum Gasteiger partial charge on any atom is -0.395 e. The van der Waals surface area contributed by atoms with Crippen molar-refractivity contribution in [3.05, 3.63) is 28.8 Å². The van der Waals surface area contributed by atoms with E-state index in [1.54, 1.807) is 7.05 Å². The van der Waals surface area contributed by atoms with Crippen LogP contribution in [0.15, 0.2) is 6.07 Å². The molecule has 2 aromatic heterocycles. The van der Waals surface area contributed by atoms with E-state index < -0.39 is 0 Å². The Morgan fingerprint density at radius 3 is 2.45 bits per heavy atom. The van der Waals surface area contributed by atoms with E-state index in [0.717, 1.165) is 11.4 Å². The number of carbonyl (C=O) groups excluding carboxylic acids is 1. The lowest BCUT2D eigenvalue weighted by atomic mass is 10.2. The highest BCUT2D eigenvalue weighted by Gasteiger charge is 2.20. The normalized spacial score (nSPS) is 10.6. The Morgan fingerprint density at radius 1 is 1.35 bits per heavy atom. The van der Waals surface area contributed by atoms with Gasteiger partial charge in [0, 0.05) is 18.4 Å². The number of hydrogen-bond acceptors (Lipinski definition) is 5. The molecule has 0 bridgehead atoms. The van der Waals surface area contributed by atoms with Crippen molar-refractivity contribution in [2.75, 3.05) is 11.1 Å². The van der Waals surface area contributed by atoms with Gasteiger partial charge in [0.2, 0.25) is 5.95 Å². The maximum absolute atomic E-state index is 12.3. The fourth-order valence-corrected chi connectivity index (χ4v) is 2.07. The zero-order valence-corrected chi connectivity index (χ0v) is 12.1. The Kier molecular flexibility index (Phi) is 3.69. The summed E-state index contributed by atoms with van der Waals surface area (Å²) in [6, 6.07) is 1.84. The molecule has 0 aliphatic rings. The molecule has 7 heteroatoms. The number of aromatic nitrogens is 4. The molecule has 7 nitrogen and oxygen atoms in total. The largest absolute Gasteiger partial charge is 0.395 e. The van der Waals surface area contributed by atoms with Gasteiger partial charge in [-0.25, -0.2) is 9.97 Å². The first kappa shape index (κ1) is 14.0. The van der Waals surface area contributed by atoms with E-state index in [1.807, 2.05) is 26.8 Å². The molecular weight excluding hydrogens is 256 g/mol. The second-order valence-corrected chi connectivity index (χ2v) is 4.61. The SMILES string of the molecule is CCc1nn(C)c(C(=O)Nc2nc(C)cc(C)n2)c1N. The summed E-state index contributed by atoms with van der Waals surface area (Å²) in [5.74, 6) is -0.0895. The van der Waals surface area contributed by atoms with Crippen LogP contribution in [-0.2, 0) is 13.5 Å². The lowest BCUT2D eigenvalue weighted by molar-refractivity contribution is 0.101. The number of carbonyl (C=O) groups is 1. The average Bonchev–Trinajstić information content (AvgIpc) is 2.62. The van der Waals surface area contributed by atoms with Crippen LogP contribution in [-0.4, -0.2) is 25.7 Å². The Balaban J connectivity index is 2.30. The minimum absolute atomic E-state index is 0.270. The number of aryl methyl sites for hydroxylation is 4. The molecule has 2 heterocycles. The van der Waals surface area contributed by atoms with Crippen molar-refractivity contribution in [3.63, 3.8) is 0 Å². The van der Waals surface area contributed by atoms with Crippen molar-refractivity contribution in [1.82, 2.24) is 19.7 Å². The number of nitrogen functional groups attached to an aromatic ring is 1. The fourth-order valence-electron chi connectivity index (χ4n) is 2.07. The van der Waals surface area contributed by atoms with Gasteiger partial charge < -0.3 is 5.73 Å². The third kappa shape index (κ3) is 2.61. The van der Waals surface area contributed by atoms with E-state index in [1.165, 1.54) is 4.68 Å². The van der Waals surface area contributed by atoms with Gasteiger partial charge in [-0.3, -0.25) is 14.8 Å². The van der Waals surface area contributed by atoms with Crippen molar-refractivity contribution in [1.29, 1.82) is 0 Å². The quantitative estimate of drug-likeness (QED) is 0.877. The van der Waals surface area contributed by atoms with Crippen molar-refractivity contribution in [3.8, 4) is 0 Å². The summed E-state index contributed by atoms with van der Waals surface area (Å²) in [5.41, 5.74) is 8.96. The Bertz CT molecular complexity index is 641. The number of rotatable bonds is 3. The lowest BCUT2D eigenvalue weighted by Crippen LogP contribution is -2.19. The van der Waals surface area contributed by atoms with Gasteiger partial charge in [-0.1, -0.05) is 6.92 Å². The molecule has 0 atom stereocenters. The minimum atomic E-state index is -0.359. The second-order valence-electron chi connectivity index (χ2n) is 4.61. The van der Waals surface area contributed by atoms with Crippen LogP contribution in [0.4, 0.5) is 11.6 Å². The Labute approximate surface area is 117 Å². The topological polar surface area (TPSA) is 98.7 Å². The molecule has 0 radical (unpaired) electrons. The summed E-state index contributed by atoms with van der Waals surface area (Å²) in [6.45, 7) is 5.63. The molecule has 1 amide bonds. The van der Waals surface area contributed by atoms with E-state index in [2.05, 4.69) is 20.4 Å². The number of anilines is 2. The number of amides is 1. The van der Waals surface area contributed by atoms with Crippen LogP contribution >= 0.6 is 0 Å². The van der Waals surface area contributed by atoms with E-state index in [4.69, 9.17) is 5.73 Å². The van der Waals surface area contributed by atoms with Crippen LogP contribution in [0.1, 0.15) is 34.5 Å². The van der Waals surface area contributed by atoms with Crippen molar-refractivity contribution in [2.45, 2.75) is 27.2 Å². The predicted molar refractivity (Wildman–Crippen MR) is 76.5 cm³/mol. The van der Waals surface area contributed by atoms with Crippen LogP contribution in [0, 0.1) is 13.8 Å². The second kappa shape index (κ2) is 5.28. The highest BCUT2D eigenvalue weighted by Crippen LogP contribution is 2.18. The molecule has 0 aromatic carbocycles. The summed E-state index contributed by atoms with van der Waals surface area (Å²) in [4.78, 5) is 20.6. The maximum atomic E-state index is 12.3. The van der Waals surface area contributed by atoms with E-state index in [9.17, 15) is 4.79 Å². The molecule has 0 saturated heterocycles. The Morgan fingerprint density at radius 2 is 1.95 bits per heavy atom. The molecule has 20 heavy (non-hydrogen) atoms. The van der Waals surface area contributed by atoms with Crippen LogP contribution in [0.2, 0.25) is 0 Å². The molecule has 0 fully saturated rings. The molecule has 0 aliphatic carbocycles. The summed E-state index contributed by atoms with van der Waals surface area (Å²) in [5, 5.41) is 6.87. The number of nitrogens with two attached hydrogens (primary N) is 1. The van der Waals surface area contributed by atoms with Crippen molar-refractivity contribution in [2.24, 2.45) is 7.05 Å². The van der Waals surface area contributed by atoms with E-state index in [-0.39, 0.29) is 11.9 Å². The lowest BCUT2D eigenvalue weighted by Gasteiger charge is -2.06. The van der Waals surface area contributed by atoms with Gasteiger partial charge in [0.25, 0.3) is 5.91 Å². The first-order valence-electron chi connectivity index (χ1n) is 6.37. The van der Waals surface area contributed by atoms with Gasteiger partial charge in [-0.15, -0.1) is 0 Å². The summed E-state index contributed by atoms with van der Waals surface area (Å²) in [6.07, 6.45) is 0.674. The van der Waals surface area contributed by atoms with Crippen molar-refractivity contribution >= 4 is 17.5 Å². The van der Waals surface area contributed by atoms with Gasteiger partial charge in [0.1, 0.15) is 5.69 Å². The van der Waals surface area contributed by atoms with E-state index in [0.29, 0.717) is 23.5 Å². The highest BCUT2D eigenvalue weighted by atomic mass is 16.2. The number of nitrogens with zero attached hydrogens (tertiary/aromatic N) is 4. The first-order valence-corrected chi connectivity index (χ1v) is 6.37. The molecule has 0 spiro atoms. The van der Waals surface area contributed by atoms with Gasteiger partial charge >= 0.3 is 0 Å². The van der Waals surface area contributed by atoms with Gasteiger partial charge in [0.15, 0.2) is 0 Å². The number of nitrogens with one attached hydrogen (secondary N) is 1. The molecule has 3 N–H and O–H groups in total. The monoisotopic (exact) mass is 274 g/mol. The third-order valence-electron chi connectivity index (χ3n) is 2.92. The maximum Gasteiger partial charge on any atom is 0.278 e. The standard InChI is InChI=1S/C13H18N6O/c1-5-9-10(14)11(19(4)18-9)12(20)17-13-15-7(2)6-8(3)16-13/h6H,5,14H2,1-4H3,(H,15,16,17,20). The zero-order valence-electron chi connectivity index (χ0n) is 12.1. The smallest absolute Gasteiger partial charge is 0.278 e. The Hall–Kier alpha value is -2.44. The third-order valence-corrected chi connectivity index (χ3v) is 2.92. The molecule has 0 aliphatic heterocycles. The summed E-state index contributed by atoms with van der Waals surface area (Å²) in [7, 11) is 1.69.